The van der Waals surface area contributed by atoms with Crippen molar-refractivity contribution in [2.75, 3.05) is 5.32 Å². The van der Waals surface area contributed by atoms with Gasteiger partial charge in [0.2, 0.25) is 5.91 Å². The minimum atomic E-state index is -0.594. The summed E-state index contributed by atoms with van der Waals surface area (Å²) in [6.07, 6.45) is 0. The van der Waals surface area contributed by atoms with Crippen LogP contribution in [-0.2, 0) is 11.3 Å². The number of aromatic nitrogens is 2. The van der Waals surface area contributed by atoms with Crippen LogP contribution in [0, 0.1) is 6.92 Å². The molecule has 2 aromatic carbocycles. The average molecular weight is 426 g/mol. The Morgan fingerprint density at radius 1 is 1.10 bits per heavy atom. The molecule has 146 valence electrons. The van der Waals surface area contributed by atoms with Crippen molar-refractivity contribution in [3.8, 4) is 5.69 Å². The molecule has 2 heterocycles. The van der Waals surface area contributed by atoms with Crippen LogP contribution < -0.4 is 16.6 Å². The molecule has 0 fully saturated rings. The molecule has 0 radical (unpaired) electrons. The van der Waals surface area contributed by atoms with Crippen molar-refractivity contribution in [3.05, 3.63) is 91.4 Å². The number of hydrogen-bond acceptors (Lipinski definition) is 4. The number of thiophene rings is 1. The van der Waals surface area contributed by atoms with Gasteiger partial charge >= 0.3 is 5.69 Å². The number of anilines is 1. The number of halogens is 1. The Hall–Kier alpha value is -3.16. The second-order valence-electron chi connectivity index (χ2n) is 6.49. The average Bonchev–Trinajstić information content (AvgIpc) is 3.17. The lowest BCUT2D eigenvalue weighted by Crippen LogP contribution is -2.40. The van der Waals surface area contributed by atoms with Crippen LogP contribution in [-0.4, -0.2) is 15.0 Å². The van der Waals surface area contributed by atoms with Crippen LogP contribution in [0.1, 0.15) is 5.56 Å². The summed E-state index contributed by atoms with van der Waals surface area (Å²) in [5.41, 5.74) is 1.35. The van der Waals surface area contributed by atoms with Crippen molar-refractivity contribution in [3.63, 3.8) is 0 Å². The predicted molar refractivity (Wildman–Crippen MR) is 117 cm³/mol. The number of rotatable bonds is 4. The molecule has 0 saturated carbocycles. The standard InChI is InChI=1S/C21H16ClN3O3S/c1-13-5-2-3-8-16(13)23-18(26)12-24-17-9-10-29-19(17)20(27)25(21(24)28)15-7-4-6-14(22)11-15/h2-11H,12H2,1H3,(H,23,26). The van der Waals surface area contributed by atoms with Crippen LogP contribution in [0.25, 0.3) is 15.9 Å². The fourth-order valence-electron chi connectivity index (χ4n) is 3.13. The van der Waals surface area contributed by atoms with E-state index in [1.54, 1.807) is 41.8 Å². The van der Waals surface area contributed by atoms with Gasteiger partial charge in [0, 0.05) is 10.7 Å². The van der Waals surface area contributed by atoms with Crippen molar-refractivity contribution in [1.29, 1.82) is 0 Å². The summed E-state index contributed by atoms with van der Waals surface area (Å²) in [6.45, 7) is 1.67. The van der Waals surface area contributed by atoms with E-state index in [4.69, 9.17) is 11.6 Å². The van der Waals surface area contributed by atoms with Gasteiger partial charge in [0.1, 0.15) is 11.2 Å². The third-order valence-corrected chi connectivity index (χ3v) is 5.67. The first kappa shape index (κ1) is 19.2. The summed E-state index contributed by atoms with van der Waals surface area (Å²) in [5, 5.41) is 4.95. The number of nitrogens with one attached hydrogen (secondary N) is 1. The smallest absolute Gasteiger partial charge is 0.324 e. The summed E-state index contributed by atoms with van der Waals surface area (Å²) in [4.78, 5) is 38.8. The van der Waals surface area contributed by atoms with E-state index in [-0.39, 0.29) is 12.5 Å². The van der Waals surface area contributed by atoms with E-state index < -0.39 is 11.2 Å². The molecule has 6 nitrogen and oxygen atoms in total. The van der Waals surface area contributed by atoms with Gasteiger partial charge in [-0.25, -0.2) is 9.36 Å². The van der Waals surface area contributed by atoms with Gasteiger partial charge in [0.25, 0.3) is 5.56 Å². The highest BCUT2D eigenvalue weighted by molar-refractivity contribution is 7.17. The monoisotopic (exact) mass is 425 g/mol. The molecule has 4 rings (SSSR count). The highest BCUT2D eigenvalue weighted by Crippen LogP contribution is 2.18. The van der Waals surface area contributed by atoms with Crippen LogP contribution in [0.2, 0.25) is 5.02 Å². The van der Waals surface area contributed by atoms with E-state index in [9.17, 15) is 14.4 Å². The molecule has 0 aliphatic heterocycles. The van der Waals surface area contributed by atoms with Crippen molar-refractivity contribution in [2.24, 2.45) is 0 Å². The quantitative estimate of drug-likeness (QED) is 0.540. The summed E-state index contributed by atoms with van der Waals surface area (Å²) in [7, 11) is 0. The minimum absolute atomic E-state index is 0.221. The Labute approximate surface area is 174 Å². The van der Waals surface area contributed by atoms with Gasteiger partial charge in [-0.3, -0.25) is 14.2 Å². The highest BCUT2D eigenvalue weighted by Gasteiger charge is 2.18. The summed E-state index contributed by atoms with van der Waals surface area (Å²) in [5.74, 6) is -0.356. The maximum atomic E-state index is 13.2. The largest absolute Gasteiger partial charge is 0.336 e. The number of carbonyl (C=O) groups is 1. The highest BCUT2D eigenvalue weighted by atomic mass is 35.5. The molecule has 0 bridgehead atoms. The maximum Gasteiger partial charge on any atom is 0.336 e. The Morgan fingerprint density at radius 3 is 2.66 bits per heavy atom. The van der Waals surface area contributed by atoms with Gasteiger partial charge in [-0.15, -0.1) is 11.3 Å². The Bertz CT molecular complexity index is 1350. The van der Waals surface area contributed by atoms with Gasteiger partial charge in [-0.05, 0) is 48.2 Å². The number of hydrogen-bond donors (Lipinski definition) is 1. The fraction of sp³-hybridized carbons (Fsp3) is 0.0952. The number of para-hydroxylation sites is 1. The van der Waals surface area contributed by atoms with Crippen LogP contribution in [0.15, 0.2) is 69.6 Å². The van der Waals surface area contributed by atoms with Gasteiger partial charge in [-0.2, -0.15) is 0 Å². The normalized spacial score (nSPS) is 11.0. The topological polar surface area (TPSA) is 73.1 Å². The lowest BCUT2D eigenvalue weighted by molar-refractivity contribution is -0.116. The number of carbonyl (C=O) groups excluding carboxylic acids is 1. The number of benzene rings is 2. The molecule has 8 heteroatoms. The lowest BCUT2D eigenvalue weighted by Gasteiger charge is -2.13. The molecular weight excluding hydrogens is 410 g/mol. The van der Waals surface area contributed by atoms with E-state index >= 15 is 0 Å². The predicted octanol–water partition coefficient (Wildman–Crippen LogP) is 3.81. The van der Waals surface area contributed by atoms with Crippen molar-refractivity contribution < 1.29 is 4.79 Å². The molecule has 0 saturated heterocycles. The molecule has 4 aromatic rings. The van der Waals surface area contributed by atoms with Gasteiger partial charge < -0.3 is 5.32 Å². The van der Waals surface area contributed by atoms with Crippen LogP contribution >= 0.6 is 22.9 Å². The van der Waals surface area contributed by atoms with Gasteiger partial charge in [0.15, 0.2) is 0 Å². The summed E-state index contributed by atoms with van der Waals surface area (Å²) < 4.78 is 2.75. The van der Waals surface area contributed by atoms with Gasteiger partial charge in [-0.1, -0.05) is 35.9 Å². The molecule has 0 aliphatic rings. The molecule has 0 atom stereocenters. The zero-order valence-electron chi connectivity index (χ0n) is 15.4. The van der Waals surface area contributed by atoms with E-state index in [0.717, 1.165) is 10.1 Å². The Morgan fingerprint density at radius 2 is 1.90 bits per heavy atom. The van der Waals surface area contributed by atoms with E-state index in [1.807, 2.05) is 25.1 Å². The third-order valence-electron chi connectivity index (χ3n) is 4.54. The zero-order chi connectivity index (χ0) is 20.5. The fourth-order valence-corrected chi connectivity index (χ4v) is 4.14. The number of fused-ring (bicyclic) bond motifs is 1. The summed E-state index contributed by atoms with van der Waals surface area (Å²) in [6, 6.07) is 15.6. The van der Waals surface area contributed by atoms with Crippen molar-refractivity contribution >= 4 is 44.7 Å². The third kappa shape index (κ3) is 3.62. The van der Waals surface area contributed by atoms with Crippen LogP contribution in [0.4, 0.5) is 5.69 Å². The molecule has 29 heavy (non-hydrogen) atoms. The molecule has 1 amide bonds. The van der Waals surface area contributed by atoms with Crippen molar-refractivity contribution in [2.45, 2.75) is 13.5 Å². The molecule has 0 spiro atoms. The maximum absolute atomic E-state index is 13.2. The number of amides is 1. The van der Waals surface area contributed by atoms with Gasteiger partial charge in [0.05, 0.1) is 11.2 Å². The van der Waals surface area contributed by atoms with E-state index in [2.05, 4.69) is 5.32 Å². The Balaban J connectivity index is 1.81. The lowest BCUT2D eigenvalue weighted by atomic mass is 10.2. The molecule has 2 aromatic heterocycles. The van der Waals surface area contributed by atoms with Crippen LogP contribution in [0.5, 0.6) is 0 Å². The SMILES string of the molecule is Cc1ccccc1NC(=O)Cn1c(=O)n(-c2cccc(Cl)c2)c(=O)c2sccc21. The second kappa shape index (κ2) is 7.69. The number of nitrogens with zero attached hydrogens (tertiary/aromatic N) is 2. The first-order valence-corrected chi connectivity index (χ1v) is 10.1. The molecule has 0 aliphatic carbocycles. The van der Waals surface area contributed by atoms with E-state index in [0.29, 0.717) is 26.6 Å². The Kier molecular flexibility index (Phi) is 5.08. The minimum Gasteiger partial charge on any atom is -0.324 e. The van der Waals surface area contributed by atoms with E-state index in [1.165, 1.54) is 15.9 Å². The number of aryl methyl sites for hydroxylation is 1. The van der Waals surface area contributed by atoms with Crippen LogP contribution in [0.3, 0.4) is 0 Å². The second-order valence-corrected chi connectivity index (χ2v) is 7.84. The molecule has 1 N–H and O–H groups in total. The molecule has 0 unspecified atom stereocenters. The molecular formula is C21H16ClN3O3S. The first-order chi connectivity index (χ1) is 14.0. The summed E-state index contributed by atoms with van der Waals surface area (Å²) >= 11 is 7.27. The van der Waals surface area contributed by atoms with Crippen molar-refractivity contribution in [1.82, 2.24) is 9.13 Å². The first-order valence-electron chi connectivity index (χ1n) is 8.80. The zero-order valence-corrected chi connectivity index (χ0v) is 17.0.